The molecule has 0 aliphatic rings. The van der Waals surface area contributed by atoms with Crippen LogP contribution in [0.25, 0.3) is 11.1 Å². The standard InChI is InChI=1S/C19H19F3N4OS2.HI/c1-23-18(25-9-17-26-16(11-29-17)19(20,21)22)24-8-15-7-13(10-28-15)12-3-5-14(27-2)6-4-12;/h3-7,10-11H,8-9H2,1-2H3,(H2,23,24,25);1H. The molecule has 30 heavy (non-hydrogen) atoms. The van der Waals surface area contributed by atoms with E-state index in [0.29, 0.717) is 17.5 Å². The third kappa shape index (κ3) is 6.57. The fraction of sp³-hybridized carbons (Fsp3) is 0.263. The number of aromatic nitrogens is 1. The molecule has 0 fully saturated rings. The topological polar surface area (TPSA) is 58.5 Å². The SMILES string of the molecule is CN=C(NCc1cc(-c2ccc(OC)cc2)cs1)NCc1nc(C(F)(F)F)cs1.I. The number of nitrogens with one attached hydrogen (secondary N) is 2. The first-order chi connectivity index (χ1) is 13.9. The molecule has 2 heterocycles. The number of alkyl halides is 3. The van der Waals surface area contributed by atoms with Gasteiger partial charge in [0.15, 0.2) is 11.7 Å². The van der Waals surface area contributed by atoms with Gasteiger partial charge in [-0.2, -0.15) is 13.2 Å². The van der Waals surface area contributed by atoms with Crippen LogP contribution >= 0.6 is 46.7 Å². The van der Waals surface area contributed by atoms with Crippen molar-refractivity contribution in [2.24, 2.45) is 4.99 Å². The quantitative estimate of drug-likeness (QED) is 0.238. The average molecular weight is 568 g/mol. The maximum absolute atomic E-state index is 12.6. The molecule has 1 aromatic carbocycles. The van der Waals surface area contributed by atoms with Crippen molar-refractivity contribution in [3.8, 4) is 16.9 Å². The van der Waals surface area contributed by atoms with Crippen molar-refractivity contribution in [1.82, 2.24) is 15.6 Å². The van der Waals surface area contributed by atoms with E-state index in [0.717, 1.165) is 38.5 Å². The highest BCUT2D eigenvalue weighted by atomic mass is 127. The van der Waals surface area contributed by atoms with E-state index in [1.165, 1.54) is 0 Å². The first kappa shape index (κ1) is 24.4. The molecule has 0 unspecified atom stereocenters. The minimum atomic E-state index is -4.42. The number of benzene rings is 1. The van der Waals surface area contributed by atoms with Crippen molar-refractivity contribution in [3.63, 3.8) is 0 Å². The molecule has 11 heteroatoms. The van der Waals surface area contributed by atoms with Crippen molar-refractivity contribution in [2.45, 2.75) is 19.3 Å². The lowest BCUT2D eigenvalue weighted by Gasteiger charge is -2.10. The maximum atomic E-state index is 12.6. The van der Waals surface area contributed by atoms with Crippen LogP contribution in [0.3, 0.4) is 0 Å². The van der Waals surface area contributed by atoms with Gasteiger partial charge >= 0.3 is 6.18 Å². The number of thiazole rings is 1. The fourth-order valence-corrected chi connectivity index (χ4v) is 4.05. The van der Waals surface area contributed by atoms with E-state index in [1.807, 2.05) is 24.3 Å². The first-order valence-corrected chi connectivity index (χ1v) is 10.3. The molecule has 0 atom stereocenters. The van der Waals surface area contributed by atoms with Gasteiger partial charge in [0.2, 0.25) is 0 Å². The lowest BCUT2D eigenvalue weighted by molar-refractivity contribution is -0.140. The van der Waals surface area contributed by atoms with Crippen LogP contribution in [0, 0.1) is 0 Å². The molecule has 162 valence electrons. The van der Waals surface area contributed by atoms with E-state index >= 15 is 0 Å². The number of halogens is 4. The number of ether oxygens (including phenoxy) is 1. The highest BCUT2D eigenvalue weighted by Gasteiger charge is 2.33. The summed E-state index contributed by atoms with van der Waals surface area (Å²) < 4.78 is 43.0. The predicted molar refractivity (Wildman–Crippen MR) is 126 cm³/mol. The largest absolute Gasteiger partial charge is 0.497 e. The van der Waals surface area contributed by atoms with Crippen LogP contribution in [0.1, 0.15) is 15.6 Å². The molecule has 0 spiro atoms. The summed E-state index contributed by atoms with van der Waals surface area (Å²) >= 11 is 2.58. The van der Waals surface area contributed by atoms with E-state index in [-0.39, 0.29) is 30.5 Å². The monoisotopic (exact) mass is 568 g/mol. The smallest absolute Gasteiger partial charge is 0.434 e. The number of thiophene rings is 1. The van der Waals surface area contributed by atoms with Crippen molar-refractivity contribution in [1.29, 1.82) is 0 Å². The molecule has 3 rings (SSSR count). The van der Waals surface area contributed by atoms with Gasteiger partial charge in [0, 0.05) is 17.3 Å². The number of hydrogen-bond acceptors (Lipinski definition) is 5. The Morgan fingerprint density at radius 3 is 2.37 bits per heavy atom. The Morgan fingerprint density at radius 1 is 1.07 bits per heavy atom. The van der Waals surface area contributed by atoms with Gasteiger partial charge in [0.25, 0.3) is 0 Å². The Kier molecular flexibility index (Phi) is 8.92. The van der Waals surface area contributed by atoms with Crippen LogP contribution in [0.4, 0.5) is 13.2 Å². The minimum Gasteiger partial charge on any atom is -0.497 e. The van der Waals surface area contributed by atoms with E-state index < -0.39 is 11.9 Å². The number of methoxy groups -OCH3 is 1. The molecule has 0 radical (unpaired) electrons. The number of rotatable bonds is 6. The maximum Gasteiger partial charge on any atom is 0.434 e. The van der Waals surface area contributed by atoms with Gasteiger partial charge in [-0.05, 0) is 34.7 Å². The van der Waals surface area contributed by atoms with Gasteiger partial charge in [0.1, 0.15) is 10.8 Å². The molecule has 3 aromatic rings. The summed E-state index contributed by atoms with van der Waals surface area (Å²) in [4.78, 5) is 8.80. The zero-order chi connectivity index (χ0) is 20.9. The summed E-state index contributed by atoms with van der Waals surface area (Å²) in [5.41, 5.74) is 1.34. The summed E-state index contributed by atoms with van der Waals surface area (Å²) in [7, 11) is 3.24. The second-order valence-electron chi connectivity index (χ2n) is 5.93. The van der Waals surface area contributed by atoms with Gasteiger partial charge in [0.05, 0.1) is 20.2 Å². The Bertz CT molecular complexity index is 971. The third-order valence-electron chi connectivity index (χ3n) is 3.98. The lowest BCUT2D eigenvalue weighted by Crippen LogP contribution is -2.36. The average Bonchev–Trinajstić information content (AvgIpc) is 3.38. The van der Waals surface area contributed by atoms with Crippen molar-refractivity contribution >= 4 is 52.6 Å². The Balaban J connectivity index is 0.00000320. The van der Waals surface area contributed by atoms with Crippen LogP contribution in [0.5, 0.6) is 5.75 Å². The molecule has 0 aliphatic carbocycles. The molecular weight excluding hydrogens is 548 g/mol. The Morgan fingerprint density at radius 2 is 1.77 bits per heavy atom. The number of aliphatic imine (C=N–C) groups is 1. The molecule has 0 saturated heterocycles. The second-order valence-corrected chi connectivity index (χ2v) is 7.87. The lowest BCUT2D eigenvalue weighted by atomic mass is 10.1. The molecule has 0 bridgehead atoms. The first-order valence-electron chi connectivity index (χ1n) is 8.57. The van der Waals surface area contributed by atoms with Crippen LogP contribution in [-0.4, -0.2) is 25.1 Å². The van der Waals surface area contributed by atoms with E-state index in [9.17, 15) is 13.2 Å². The molecule has 0 amide bonds. The van der Waals surface area contributed by atoms with Gasteiger partial charge in [-0.3, -0.25) is 4.99 Å². The molecule has 5 nitrogen and oxygen atoms in total. The van der Waals surface area contributed by atoms with Gasteiger partial charge < -0.3 is 15.4 Å². The molecular formula is C19H20F3IN4OS2. The summed E-state index contributed by atoms with van der Waals surface area (Å²) in [5, 5.41) is 9.57. The molecule has 0 saturated carbocycles. The van der Waals surface area contributed by atoms with Crippen molar-refractivity contribution < 1.29 is 17.9 Å². The summed E-state index contributed by atoms with van der Waals surface area (Å²) in [5.74, 6) is 1.30. The predicted octanol–water partition coefficient (Wildman–Crippen LogP) is 5.38. The summed E-state index contributed by atoms with van der Waals surface area (Å²) in [6, 6.07) is 9.92. The molecule has 2 N–H and O–H groups in total. The minimum absolute atomic E-state index is 0. The summed E-state index contributed by atoms with van der Waals surface area (Å²) in [6.07, 6.45) is -4.42. The zero-order valence-electron chi connectivity index (χ0n) is 16.1. The summed E-state index contributed by atoms with van der Waals surface area (Å²) in [6.45, 7) is 0.716. The fourth-order valence-electron chi connectivity index (χ4n) is 2.48. The Labute approximate surface area is 197 Å². The van der Waals surface area contributed by atoms with E-state index in [4.69, 9.17) is 4.74 Å². The highest BCUT2D eigenvalue weighted by molar-refractivity contribution is 14.0. The van der Waals surface area contributed by atoms with Gasteiger partial charge in [-0.15, -0.1) is 46.7 Å². The van der Waals surface area contributed by atoms with Crippen LogP contribution in [-0.2, 0) is 19.3 Å². The highest BCUT2D eigenvalue weighted by Crippen LogP contribution is 2.30. The number of hydrogen-bond donors (Lipinski definition) is 2. The number of guanidine groups is 1. The third-order valence-corrected chi connectivity index (χ3v) is 5.77. The van der Waals surface area contributed by atoms with E-state index in [2.05, 4.69) is 32.1 Å². The van der Waals surface area contributed by atoms with Gasteiger partial charge in [-0.25, -0.2) is 4.98 Å². The van der Waals surface area contributed by atoms with E-state index in [1.54, 1.807) is 25.5 Å². The normalized spacial score (nSPS) is 11.7. The van der Waals surface area contributed by atoms with Crippen LogP contribution in [0.2, 0.25) is 0 Å². The second kappa shape index (κ2) is 11.0. The Hall–Kier alpha value is -1.86. The van der Waals surface area contributed by atoms with Crippen LogP contribution < -0.4 is 15.4 Å². The number of nitrogens with zero attached hydrogens (tertiary/aromatic N) is 2. The van der Waals surface area contributed by atoms with Gasteiger partial charge in [-0.1, -0.05) is 12.1 Å². The molecule has 2 aromatic heterocycles. The van der Waals surface area contributed by atoms with Crippen LogP contribution in [0.15, 0.2) is 46.1 Å². The zero-order valence-corrected chi connectivity index (χ0v) is 20.1. The molecule has 0 aliphatic heterocycles. The van der Waals surface area contributed by atoms with Crippen molar-refractivity contribution in [2.75, 3.05) is 14.2 Å². The van der Waals surface area contributed by atoms with Crippen molar-refractivity contribution in [3.05, 3.63) is 56.7 Å².